The van der Waals surface area contributed by atoms with Crippen LogP contribution in [0.1, 0.15) is 32.4 Å². The molecule has 0 saturated carbocycles. The van der Waals surface area contributed by atoms with E-state index in [0.717, 1.165) is 5.56 Å². The van der Waals surface area contributed by atoms with Gasteiger partial charge in [-0.05, 0) is 24.5 Å². The number of rotatable bonds is 3. The SMILES string of the molecule is CC(C)C(C)NC1CS(=O)(=O)c2ccccc21. The van der Waals surface area contributed by atoms with E-state index >= 15 is 0 Å². The van der Waals surface area contributed by atoms with Crippen LogP contribution < -0.4 is 5.32 Å². The van der Waals surface area contributed by atoms with Crippen LogP contribution in [-0.2, 0) is 9.84 Å². The average Bonchev–Trinajstić information content (AvgIpc) is 2.51. The van der Waals surface area contributed by atoms with Gasteiger partial charge in [0.15, 0.2) is 9.84 Å². The Morgan fingerprint density at radius 1 is 1.24 bits per heavy atom. The van der Waals surface area contributed by atoms with Gasteiger partial charge in [0.1, 0.15) is 0 Å². The second-order valence-corrected chi connectivity index (χ2v) is 7.07. The average molecular weight is 253 g/mol. The largest absolute Gasteiger partial charge is 0.306 e. The van der Waals surface area contributed by atoms with Crippen LogP contribution in [0.15, 0.2) is 29.2 Å². The molecule has 1 aromatic rings. The van der Waals surface area contributed by atoms with Crippen molar-refractivity contribution in [2.45, 2.75) is 37.8 Å². The summed E-state index contributed by atoms with van der Waals surface area (Å²) in [5.74, 6) is 0.675. The van der Waals surface area contributed by atoms with Crippen molar-refractivity contribution in [1.29, 1.82) is 0 Å². The quantitative estimate of drug-likeness (QED) is 0.898. The van der Waals surface area contributed by atoms with Crippen LogP contribution in [0.5, 0.6) is 0 Å². The van der Waals surface area contributed by atoms with Crippen LogP contribution in [0, 0.1) is 5.92 Å². The smallest absolute Gasteiger partial charge is 0.180 e. The number of sulfone groups is 1. The predicted molar refractivity (Wildman–Crippen MR) is 68.7 cm³/mol. The number of benzene rings is 1. The van der Waals surface area contributed by atoms with Crippen molar-refractivity contribution >= 4 is 9.84 Å². The zero-order chi connectivity index (χ0) is 12.6. The molecule has 0 bridgehead atoms. The molecular weight excluding hydrogens is 234 g/mol. The molecular formula is C13H19NO2S. The van der Waals surface area contributed by atoms with Crippen LogP contribution in [0.4, 0.5) is 0 Å². The highest BCUT2D eigenvalue weighted by molar-refractivity contribution is 7.91. The molecule has 0 fully saturated rings. The van der Waals surface area contributed by atoms with Crippen molar-refractivity contribution in [1.82, 2.24) is 5.32 Å². The second-order valence-electron chi connectivity index (χ2n) is 5.07. The maximum Gasteiger partial charge on any atom is 0.180 e. The Bertz CT molecular complexity index is 508. The number of hydrogen-bond acceptors (Lipinski definition) is 3. The molecule has 0 aromatic heterocycles. The number of hydrogen-bond donors (Lipinski definition) is 1. The first-order valence-electron chi connectivity index (χ1n) is 5.99. The third-order valence-electron chi connectivity index (χ3n) is 3.48. The van der Waals surface area contributed by atoms with E-state index in [4.69, 9.17) is 0 Å². The monoisotopic (exact) mass is 253 g/mol. The Morgan fingerprint density at radius 3 is 2.53 bits per heavy atom. The fraction of sp³-hybridized carbons (Fsp3) is 0.538. The number of fused-ring (bicyclic) bond motifs is 1. The highest BCUT2D eigenvalue weighted by atomic mass is 32.2. The molecule has 4 heteroatoms. The molecule has 1 aromatic carbocycles. The minimum Gasteiger partial charge on any atom is -0.306 e. The van der Waals surface area contributed by atoms with Crippen molar-refractivity contribution in [3.8, 4) is 0 Å². The summed E-state index contributed by atoms with van der Waals surface area (Å²) in [5, 5.41) is 3.41. The van der Waals surface area contributed by atoms with Crippen LogP contribution >= 0.6 is 0 Å². The minimum absolute atomic E-state index is 0.0615. The molecule has 0 aliphatic carbocycles. The molecule has 1 heterocycles. The molecule has 0 amide bonds. The lowest BCUT2D eigenvalue weighted by molar-refractivity contribution is 0.391. The summed E-state index contributed by atoms with van der Waals surface area (Å²) in [4.78, 5) is 0.494. The van der Waals surface area contributed by atoms with Gasteiger partial charge in [-0.2, -0.15) is 0 Å². The van der Waals surface area contributed by atoms with Crippen molar-refractivity contribution in [2.24, 2.45) is 5.92 Å². The van der Waals surface area contributed by atoms with Gasteiger partial charge in [-0.1, -0.05) is 32.0 Å². The first-order chi connectivity index (χ1) is 7.92. The van der Waals surface area contributed by atoms with Crippen LogP contribution in [0.2, 0.25) is 0 Å². The molecule has 94 valence electrons. The highest BCUT2D eigenvalue weighted by Gasteiger charge is 2.34. The first kappa shape index (κ1) is 12.6. The zero-order valence-electron chi connectivity index (χ0n) is 10.5. The van der Waals surface area contributed by atoms with E-state index in [1.807, 2.05) is 12.1 Å². The summed E-state index contributed by atoms with van der Waals surface area (Å²) in [5.41, 5.74) is 0.917. The van der Waals surface area contributed by atoms with E-state index in [9.17, 15) is 8.42 Å². The van der Waals surface area contributed by atoms with Gasteiger partial charge in [-0.3, -0.25) is 0 Å². The van der Waals surface area contributed by atoms with Gasteiger partial charge in [-0.25, -0.2) is 8.42 Å². The molecule has 1 N–H and O–H groups in total. The Kier molecular flexibility index (Phi) is 3.27. The van der Waals surface area contributed by atoms with Crippen molar-refractivity contribution in [2.75, 3.05) is 5.75 Å². The van der Waals surface area contributed by atoms with Gasteiger partial charge >= 0.3 is 0 Å². The normalized spacial score (nSPS) is 23.6. The molecule has 2 unspecified atom stereocenters. The molecule has 17 heavy (non-hydrogen) atoms. The topological polar surface area (TPSA) is 46.2 Å². The van der Waals surface area contributed by atoms with Gasteiger partial charge in [0.25, 0.3) is 0 Å². The van der Waals surface area contributed by atoms with E-state index in [2.05, 4.69) is 26.1 Å². The zero-order valence-corrected chi connectivity index (χ0v) is 11.3. The maximum absolute atomic E-state index is 12.0. The molecule has 3 nitrogen and oxygen atoms in total. The Morgan fingerprint density at radius 2 is 1.88 bits per heavy atom. The summed E-state index contributed by atoms with van der Waals surface area (Å²) in [6.45, 7) is 6.36. The van der Waals surface area contributed by atoms with Crippen LogP contribution in [-0.4, -0.2) is 20.2 Å². The molecule has 1 aliphatic heterocycles. The fourth-order valence-electron chi connectivity index (χ4n) is 2.10. The standard InChI is InChI=1S/C13H19NO2S/c1-9(2)10(3)14-12-8-17(15,16)13-7-5-4-6-11(12)13/h4-7,9-10,12,14H,8H2,1-3H3. The van der Waals surface area contributed by atoms with Crippen LogP contribution in [0.25, 0.3) is 0 Å². The lowest BCUT2D eigenvalue weighted by Gasteiger charge is -2.22. The molecule has 0 spiro atoms. The fourth-order valence-corrected chi connectivity index (χ4v) is 3.85. The van der Waals surface area contributed by atoms with Gasteiger partial charge in [0.2, 0.25) is 0 Å². The summed E-state index contributed by atoms with van der Waals surface area (Å²) in [7, 11) is -3.09. The van der Waals surface area contributed by atoms with E-state index in [1.54, 1.807) is 12.1 Å². The van der Waals surface area contributed by atoms with E-state index in [0.29, 0.717) is 16.9 Å². The van der Waals surface area contributed by atoms with Crippen molar-refractivity contribution in [3.05, 3.63) is 29.8 Å². The van der Waals surface area contributed by atoms with Gasteiger partial charge in [0, 0.05) is 12.1 Å². The van der Waals surface area contributed by atoms with Crippen molar-refractivity contribution in [3.63, 3.8) is 0 Å². The molecule has 0 saturated heterocycles. The summed E-state index contributed by atoms with van der Waals surface area (Å²) in [6.07, 6.45) is 0. The Balaban J connectivity index is 2.30. The molecule has 2 atom stereocenters. The Labute approximate surface area is 103 Å². The summed E-state index contributed by atoms with van der Waals surface area (Å²) >= 11 is 0. The molecule has 1 aliphatic rings. The number of nitrogens with one attached hydrogen (secondary N) is 1. The lowest BCUT2D eigenvalue weighted by Crippen LogP contribution is -2.35. The predicted octanol–water partition coefficient (Wildman–Crippen LogP) is 2.15. The molecule has 2 rings (SSSR count). The highest BCUT2D eigenvalue weighted by Crippen LogP contribution is 2.33. The first-order valence-corrected chi connectivity index (χ1v) is 7.65. The third-order valence-corrected chi connectivity index (χ3v) is 5.29. The lowest BCUT2D eigenvalue weighted by atomic mass is 10.0. The van der Waals surface area contributed by atoms with Gasteiger partial charge in [-0.15, -0.1) is 0 Å². The summed E-state index contributed by atoms with van der Waals surface area (Å²) in [6, 6.07) is 7.53. The minimum atomic E-state index is -3.09. The van der Waals surface area contributed by atoms with E-state index in [1.165, 1.54) is 0 Å². The van der Waals surface area contributed by atoms with E-state index < -0.39 is 9.84 Å². The van der Waals surface area contributed by atoms with Gasteiger partial charge in [0.05, 0.1) is 10.6 Å². The second kappa shape index (κ2) is 4.42. The Hall–Kier alpha value is -0.870. The van der Waals surface area contributed by atoms with Gasteiger partial charge < -0.3 is 5.32 Å². The van der Waals surface area contributed by atoms with Crippen molar-refractivity contribution < 1.29 is 8.42 Å². The molecule has 0 radical (unpaired) electrons. The van der Waals surface area contributed by atoms with Crippen LogP contribution in [0.3, 0.4) is 0 Å². The third kappa shape index (κ3) is 2.38. The maximum atomic E-state index is 12.0. The van der Waals surface area contributed by atoms with E-state index in [-0.39, 0.29) is 11.8 Å². The summed E-state index contributed by atoms with van der Waals surface area (Å²) < 4.78 is 23.9.